The number of aromatic nitrogens is 2. The van der Waals surface area contributed by atoms with Crippen LogP contribution in [0, 0.1) is 0 Å². The summed E-state index contributed by atoms with van der Waals surface area (Å²) in [5.74, 6) is -0.871. The molecule has 2 fully saturated rings. The second-order valence-electron chi connectivity index (χ2n) is 19.0. The number of rotatable bonds is 11. The first kappa shape index (κ1) is 46.5. The molecular weight excluding hydrogens is 867 g/mol. The number of carbonyl (C=O) groups excluding carboxylic acids is 5. The Bertz CT molecular complexity index is 2740. The molecule has 0 aliphatic carbocycles. The molecule has 4 aromatic carbocycles. The zero-order valence-corrected chi connectivity index (χ0v) is 39.4. The van der Waals surface area contributed by atoms with E-state index < -0.39 is 41.5 Å². The lowest BCUT2D eigenvalue weighted by atomic mass is 10.0. The molecule has 4 heterocycles. The summed E-state index contributed by atoms with van der Waals surface area (Å²) in [6, 6.07) is 31.2. The maximum atomic E-state index is 14.2. The van der Waals surface area contributed by atoms with Gasteiger partial charge in [-0.2, -0.15) is 0 Å². The van der Waals surface area contributed by atoms with Crippen LogP contribution in [-0.4, -0.2) is 80.0 Å². The van der Waals surface area contributed by atoms with Crippen molar-refractivity contribution < 1.29 is 33.4 Å². The molecule has 2 aliphatic heterocycles. The van der Waals surface area contributed by atoms with E-state index in [9.17, 15) is 24.0 Å². The van der Waals surface area contributed by atoms with E-state index >= 15 is 0 Å². The van der Waals surface area contributed by atoms with E-state index in [0.717, 1.165) is 50.5 Å². The van der Waals surface area contributed by atoms with Gasteiger partial charge >= 0.3 is 12.2 Å². The van der Waals surface area contributed by atoms with Gasteiger partial charge in [-0.25, -0.2) is 14.6 Å². The van der Waals surface area contributed by atoms with Gasteiger partial charge in [-0.05, 0) is 108 Å². The highest BCUT2D eigenvalue weighted by Crippen LogP contribution is 2.40. The first-order valence-corrected chi connectivity index (χ1v) is 23.5. The fourth-order valence-corrected chi connectivity index (χ4v) is 9.71. The van der Waals surface area contributed by atoms with E-state index in [-0.39, 0.29) is 23.8 Å². The number of hydrogen-bond donors (Lipinski definition) is 4. The normalized spacial score (nSPS) is 17.2. The minimum absolute atomic E-state index is 0.176. The minimum atomic E-state index is -1.02. The predicted molar refractivity (Wildman–Crippen MR) is 259 cm³/mol. The van der Waals surface area contributed by atoms with E-state index in [4.69, 9.17) is 14.5 Å². The molecule has 6 aromatic rings. The van der Waals surface area contributed by atoms with Crippen molar-refractivity contribution in [1.82, 2.24) is 30.4 Å². The molecule has 14 nitrogen and oxygen atoms in total. The van der Waals surface area contributed by atoms with Gasteiger partial charge in [0.05, 0.1) is 6.04 Å². The first-order chi connectivity index (χ1) is 32.0. The number of carbonyl (C=O) groups is 5. The molecule has 348 valence electrons. The number of likely N-dealkylation sites (tertiary alicyclic amines) is 2. The molecule has 4 N–H and O–H groups in total. The van der Waals surface area contributed by atoms with Crippen molar-refractivity contribution in [2.75, 3.05) is 18.4 Å². The molecule has 2 saturated heterocycles. The summed E-state index contributed by atoms with van der Waals surface area (Å²) < 4.78 is 11.0. The molecule has 2 aliphatic rings. The fourth-order valence-electron chi connectivity index (χ4n) is 8.64. The van der Waals surface area contributed by atoms with E-state index in [1.807, 2.05) is 96.0 Å². The van der Waals surface area contributed by atoms with E-state index in [0.29, 0.717) is 42.7 Å². The summed E-state index contributed by atoms with van der Waals surface area (Å²) in [7, 11) is 0. The highest BCUT2D eigenvalue weighted by Gasteiger charge is 2.40. The van der Waals surface area contributed by atoms with Crippen molar-refractivity contribution in [2.45, 2.75) is 103 Å². The van der Waals surface area contributed by atoms with Crippen LogP contribution in [-0.2, 0) is 23.9 Å². The standard InChI is InChI=1S/C52H57N7O7S/c1-51(2,3)65-49(63)56-43(33-15-9-7-10-16-33)47(61)58-27-13-19-40(58)42-31-53-46(67-42)35-23-21-32(22-24-35)39-30-36-29-37(25-26-38(36)55-39)54-45(60)41-20-14-28-59(41)48(62)44(34-17-11-8-12-18-34)57-50(64)66-52(4,5)6/h7-12,15-18,21-26,29-31,40-41,43-44,55H,13-14,19-20,27-28H2,1-6H3,(H,54,60)(H,56,63)(H,57,64)/t40-,41-,43+,44+/m0/s1. The number of amides is 5. The Hall–Kier alpha value is -7.00. The molecule has 0 unspecified atom stereocenters. The highest BCUT2D eigenvalue weighted by atomic mass is 32.1. The van der Waals surface area contributed by atoms with Crippen molar-refractivity contribution in [1.29, 1.82) is 0 Å². The molecule has 0 bridgehead atoms. The van der Waals surface area contributed by atoms with Crippen LogP contribution < -0.4 is 16.0 Å². The third kappa shape index (κ3) is 11.2. The lowest BCUT2D eigenvalue weighted by Crippen LogP contribution is -2.49. The molecular formula is C52H57N7O7S. The summed E-state index contributed by atoms with van der Waals surface area (Å²) in [5.41, 5.74) is 4.11. The van der Waals surface area contributed by atoms with Crippen LogP contribution in [0.3, 0.4) is 0 Å². The largest absolute Gasteiger partial charge is 0.444 e. The van der Waals surface area contributed by atoms with Gasteiger partial charge in [-0.15, -0.1) is 11.3 Å². The van der Waals surface area contributed by atoms with Crippen LogP contribution in [0.4, 0.5) is 15.3 Å². The van der Waals surface area contributed by atoms with Crippen molar-refractivity contribution in [3.8, 4) is 21.8 Å². The van der Waals surface area contributed by atoms with E-state index in [1.165, 1.54) is 0 Å². The van der Waals surface area contributed by atoms with Crippen LogP contribution in [0.25, 0.3) is 32.7 Å². The first-order valence-electron chi connectivity index (χ1n) is 22.7. The smallest absolute Gasteiger partial charge is 0.408 e. The van der Waals surface area contributed by atoms with E-state index in [1.54, 1.807) is 82.0 Å². The van der Waals surface area contributed by atoms with Crippen LogP contribution in [0.15, 0.2) is 115 Å². The van der Waals surface area contributed by atoms with Crippen LogP contribution in [0.2, 0.25) is 0 Å². The highest BCUT2D eigenvalue weighted by molar-refractivity contribution is 7.15. The number of nitrogens with zero attached hydrogens (tertiary/aromatic N) is 3. The second-order valence-corrected chi connectivity index (χ2v) is 20.0. The molecule has 15 heteroatoms. The monoisotopic (exact) mass is 923 g/mol. The number of ether oxygens (including phenoxy) is 2. The van der Waals surface area contributed by atoms with Crippen LogP contribution >= 0.6 is 11.3 Å². The number of thiazole rings is 1. The molecule has 67 heavy (non-hydrogen) atoms. The van der Waals surface area contributed by atoms with Gasteiger partial charge < -0.3 is 40.2 Å². The lowest BCUT2D eigenvalue weighted by molar-refractivity contribution is -0.138. The summed E-state index contributed by atoms with van der Waals surface area (Å²) in [6.45, 7) is 11.6. The zero-order chi connectivity index (χ0) is 47.5. The van der Waals surface area contributed by atoms with Crippen molar-refractivity contribution in [3.05, 3.63) is 131 Å². The van der Waals surface area contributed by atoms with Gasteiger partial charge in [0.25, 0.3) is 5.91 Å². The van der Waals surface area contributed by atoms with Crippen LogP contribution in [0.5, 0.6) is 0 Å². The number of alkyl carbamates (subject to hydrolysis) is 2. The maximum absolute atomic E-state index is 14.2. The summed E-state index contributed by atoms with van der Waals surface area (Å²) in [6.07, 6.45) is 3.24. The third-order valence-electron chi connectivity index (χ3n) is 11.6. The van der Waals surface area contributed by atoms with Crippen molar-refractivity contribution in [2.24, 2.45) is 0 Å². The number of hydrogen-bond acceptors (Lipinski definition) is 9. The number of benzene rings is 4. The summed E-state index contributed by atoms with van der Waals surface area (Å²) in [5, 5.41) is 10.3. The quantitative estimate of drug-likeness (QED) is 0.0993. The Kier molecular flexibility index (Phi) is 13.5. The van der Waals surface area contributed by atoms with Gasteiger partial charge in [0, 0.05) is 52.0 Å². The Morgan fingerprint density at radius 1 is 0.687 bits per heavy atom. The predicted octanol–water partition coefficient (Wildman–Crippen LogP) is 10.1. The molecule has 8 rings (SSSR count). The Morgan fingerprint density at radius 2 is 1.24 bits per heavy atom. The zero-order valence-electron chi connectivity index (χ0n) is 38.6. The van der Waals surface area contributed by atoms with Gasteiger partial charge in [0.2, 0.25) is 11.8 Å². The van der Waals surface area contributed by atoms with Crippen molar-refractivity contribution >= 4 is 57.8 Å². The number of anilines is 1. The average Bonchev–Trinajstić information content (AvgIpc) is 4.13. The van der Waals surface area contributed by atoms with Crippen LogP contribution in [0.1, 0.15) is 101 Å². The number of H-pyrrole nitrogens is 1. The molecule has 4 atom stereocenters. The topological polar surface area (TPSA) is 175 Å². The SMILES string of the molecule is CC(C)(C)OC(=O)N[C@@H](C(=O)N1CCC[C@H]1C(=O)Nc1ccc2[nH]c(-c3ccc(-c4ncc([C@@H]5CCCN5C(=O)[C@H](NC(=O)OC(C)(C)C)c5ccccc5)s4)cc3)cc2c1)c1ccccc1. The maximum Gasteiger partial charge on any atom is 0.408 e. The Balaban J connectivity index is 0.925. The summed E-state index contributed by atoms with van der Waals surface area (Å²) >= 11 is 1.56. The van der Waals surface area contributed by atoms with Gasteiger partial charge in [0.1, 0.15) is 34.3 Å². The second kappa shape index (κ2) is 19.5. The number of aromatic amines is 1. The van der Waals surface area contributed by atoms with Gasteiger partial charge in [-0.3, -0.25) is 14.4 Å². The fraction of sp³-hybridized carbons (Fsp3) is 0.346. The Morgan fingerprint density at radius 3 is 1.84 bits per heavy atom. The average molecular weight is 924 g/mol. The molecule has 2 aromatic heterocycles. The number of fused-ring (bicyclic) bond motifs is 1. The number of nitrogens with one attached hydrogen (secondary N) is 4. The third-order valence-corrected chi connectivity index (χ3v) is 12.8. The molecule has 0 radical (unpaired) electrons. The Labute approximate surface area is 394 Å². The molecule has 0 saturated carbocycles. The van der Waals surface area contributed by atoms with E-state index in [2.05, 4.69) is 20.9 Å². The minimum Gasteiger partial charge on any atom is -0.444 e. The van der Waals surface area contributed by atoms with Gasteiger partial charge in [0.15, 0.2) is 0 Å². The molecule has 5 amide bonds. The lowest BCUT2D eigenvalue weighted by Gasteiger charge is -2.29. The summed E-state index contributed by atoms with van der Waals surface area (Å²) in [4.78, 5) is 80.5. The molecule has 0 spiro atoms. The van der Waals surface area contributed by atoms with Gasteiger partial charge in [-0.1, -0.05) is 84.9 Å². The van der Waals surface area contributed by atoms with Crippen molar-refractivity contribution in [3.63, 3.8) is 0 Å².